The summed E-state index contributed by atoms with van der Waals surface area (Å²) in [7, 11) is 0. The SMILES string of the molecule is C=CCCOc1ccccc1-c1cnc([C@H](CC=C)NC(=O)OC(C)(C)C)[nH]1. The van der Waals surface area contributed by atoms with Gasteiger partial charge in [-0.05, 0) is 45.7 Å². The molecule has 0 aliphatic heterocycles. The van der Waals surface area contributed by atoms with Gasteiger partial charge >= 0.3 is 6.09 Å². The average molecular weight is 383 g/mol. The van der Waals surface area contributed by atoms with Gasteiger partial charge in [0, 0.05) is 5.56 Å². The van der Waals surface area contributed by atoms with Gasteiger partial charge in [-0.25, -0.2) is 9.78 Å². The molecule has 1 aromatic heterocycles. The van der Waals surface area contributed by atoms with Gasteiger partial charge in [0.05, 0.1) is 24.5 Å². The summed E-state index contributed by atoms with van der Waals surface area (Å²) in [5.74, 6) is 1.39. The Morgan fingerprint density at radius 3 is 2.71 bits per heavy atom. The molecule has 0 spiro atoms. The molecule has 0 aliphatic rings. The number of amides is 1. The molecule has 0 saturated heterocycles. The lowest BCUT2D eigenvalue weighted by Gasteiger charge is -2.22. The number of nitrogens with zero attached hydrogens (tertiary/aromatic N) is 1. The van der Waals surface area contributed by atoms with Gasteiger partial charge in [0.2, 0.25) is 0 Å². The highest BCUT2D eigenvalue weighted by Crippen LogP contribution is 2.30. The second-order valence-electron chi connectivity index (χ2n) is 7.33. The summed E-state index contributed by atoms with van der Waals surface area (Å²) in [6.45, 7) is 13.5. The van der Waals surface area contributed by atoms with E-state index < -0.39 is 11.7 Å². The molecule has 0 saturated carbocycles. The fraction of sp³-hybridized carbons (Fsp3) is 0.364. The fourth-order valence-electron chi connectivity index (χ4n) is 2.57. The van der Waals surface area contributed by atoms with Gasteiger partial charge in [-0.1, -0.05) is 24.3 Å². The van der Waals surface area contributed by atoms with Gasteiger partial charge in [0.25, 0.3) is 0 Å². The highest BCUT2D eigenvalue weighted by atomic mass is 16.6. The minimum atomic E-state index is -0.571. The first-order valence-corrected chi connectivity index (χ1v) is 9.32. The van der Waals surface area contributed by atoms with Crippen LogP contribution in [0.3, 0.4) is 0 Å². The lowest BCUT2D eigenvalue weighted by Crippen LogP contribution is -2.35. The Hall–Kier alpha value is -3.02. The molecular weight excluding hydrogens is 354 g/mol. The van der Waals surface area contributed by atoms with Gasteiger partial charge in [-0.2, -0.15) is 0 Å². The van der Waals surface area contributed by atoms with E-state index in [0.717, 1.165) is 23.4 Å². The Morgan fingerprint density at radius 2 is 2.04 bits per heavy atom. The highest BCUT2D eigenvalue weighted by Gasteiger charge is 2.22. The number of aromatic nitrogens is 2. The number of ether oxygens (including phenoxy) is 2. The molecular formula is C22H29N3O3. The molecule has 2 N–H and O–H groups in total. The zero-order valence-corrected chi connectivity index (χ0v) is 16.8. The lowest BCUT2D eigenvalue weighted by molar-refractivity contribution is 0.0502. The van der Waals surface area contributed by atoms with Crippen LogP contribution in [0.4, 0.5) is 4.79 Å². The van der Waals surface area contributed by atoms with Crippen LogP contribution >= 0.6 is 0 Å². The maximum absolute atomic E-state index is 12.2. The topological polar surface area (TPSA) is 76.2 Å². The zero-order chi connectivity index (χ0) is 20.6. The number of para-hydroxylation sites is 1. The monoisotopic (exact) mass is 383 g/mol. The minimum absolute atomic E-state index is 0.366. The van der Waals surface area contributed by atoms with Crippen molar-refractivity contribution in [2.24, 2.45) is 0 Å². The van der Waals surface area contributed by atoms with Gasteiger partial charge < -0.3 is 19.8 Å². The third kappa shape index (κ3) is 6.30. The maximum atomic E-state index is 12.2. The van der Waals surface area contributed by atoms with E-state index in [9.17, 15) is 4.79 Å². The van der Waals surface area contributed by atoms with Crippen LogP contribution in [0.5, 0.6) is 5.75 Å². The van der Waals surface area contributed by atoms with E-state index in [2.05, 4.69) is 28.4 Å². The van der Waals surface area contributed by atoms with Crippen molar-refractivity contribution in [3.05, 3.63) is 61.6 Å². The lowest BCUT2D eigenvalue weighted by atomic mass is 10.1. The first-order valence-electron chi connectivity index (χ1n) is 9.32. The molecule has 1 atom stereocenters. The third-order valence-corrected chi connectivity index (χ3v) is 3.78. The summed E-state index contributed by atoms with van der Waals surface area (Å²) in [6, 6.07) is 7.38. The number of carbonyl (C=O) groups excluding carboxylic acids is 1. The quantitative estimate of drug-likeness (QED) is 0.462. The summed E-state index contributed by atoms with van der Waals surface area (Å²) >= 11 is 0. The molecule has 0 fully saturated rings. The molecule has 1 aromatic carbocycles. The van der Waals surface area contributed by atoms with Crippen molar-refractivity contribution in [3.8, 4) is 17.0 Å². The molecule has 150 valence electrons. The van der Waals surface area contributed by atoms with Crippen molar-refractivity contribution in [2.45, 2.75) is 45.3 Å². The number of alkyl carbamates (subject to hydrolysis) is 1. The molecule has 1 amide bonds. The minimum Gasteiger partial charge on any atom is -0.493 e. The number of hydrogen-bond donors (Lipinski definition) is 2. The number of carbonyl (C=O) groups is 1. The van der Waals surface area contributed by atoms with Gasteiger partial charge in [-0.3, -0.25) is 0 Å². The number of rotatable bonds is 9. The van der Waals surface area contributed by atoms with Crippen LogP contribution in [-0.4, -0.2) is 28.3 Å². The maximum Gasteiger partial charge on any atom is 0.408 e. The molecule has 6 heteroatoms. The van der Waals surface area contributed by atoms with E-state index in [1.807, 2.05) is 51.1 Å². The number of imidazole rings is 1. The second-order valence-corrected chi connectivity index (χ2v) is 7.33. The Morgan fingerprint density at radius 1 is 1.29 bits per heavy atom. The summed E-state index contributed by atoms with van der Waals surface area (Å²) in [5, 5.41) is 2.84. The predicted octanol–water partition coefficient (Wildman–Crippen LogP) is 5.17. The molecule has 0 aliphatic carbocycles. The van der Waals surface area contributed by atoms with Crippen LogP contribution in [0.15, 0.2) is 55.8 Å². The van der Waals surface area contributed by atoms with E-state index in [1.54, 1.807) is 12.3 Å². The summed E-state index contributed by atoms with van der Waals surface area (Å²) in [5.41, 5.74) is 1.14. The predicted molar refractivity (Wildman–Crippen MR) is 111 cm³/mol. The van der Waals surface area contributed by atoms with Crippen LogP contribution in [0.2, 0.25) is 0 Å². The summed E-state index contributed by atoms with van der Waals surface area (Å²) in [4.78, 5) is 19.9. The van der Waals surface area contributed by atoms with Crippen LogP contribution in [0, 0.1) is 0 Å². The van der Waals surface area contributed by atoms with Crippen LogP contribution in [-0.2, 0) is 4.74 Å². The Labute approximate surface area is 166 Å². The fourth-order valence-corrected chi connectivity index (χ4v) is 2.57. The number of benzene rings is 1. The highest BCUT2D eigenvalue weighted by molar-refractivity contribution is 5.69. The van der Waals surface area contributed by atoms with E-state index in [-0.39, 0.29) is 6.04 Å². The van der Waals surface area contributed by atoms with Gasteiger partial charge in [0.1, 0.15) is 17.2 Å². The molecule has 2 rings (SSSR count). The number of aromatic amines is 1. The number of hydrogen-bond acceptors (Lipinski definition) is 4. The summed E-state index contributed by atoms with van der Waals surface area (Å²) < 4.78 is 11.2. The second kappa shape index (κ2) is 9.78. The van der Waals surface area contributed by atoms with E-state index in [0.29, 0.717) is 18.9 Å². The van der Waals surface area contributed by atoms with Crippen molar-refractivity contribution in [1.82, 2.24) is 15.3 Å². The van der Waals surface area contributed by atoms with E-state index in [1.165, 1.54) is 0 Å². The Bertz CT molecular complexity index is 805. The number of H-pyrrole nitrogens is 1. The largest absolute Gasteiger partial charge is 0.493 e. The van der Waals surface area contributed by atoms with Crippen molar-refractivity contribution in [3.63, 3.8) is 0 Å². The molecule has 28 heavy (non-hydrogen) atoms. The molecule has 0 bridgehead atoms. The van der Waals surface area contributed by atoms with Crippen molar-refractivity contribution in [1.29, 1.82) is 0 Å². The van der Waals surface area contributed by atoms with Crippen LogP contribution < -0.4 is 10.1 Å². The molecule has 0 unspecified atom stereocenters. The van der Waals surface area contributed by atoms with E-state index >= 15 is 0 Å². The Balaban J connectivity index is 2.19. The Kier molecular flexibility index (Phi) is 7.44. The number of nitrogens with one attached hydrogen (secondary N) is 2. The molecule has 6 nitrogen and oxygen atoms in total. The normalized spacial score (nSPS) is 12.1. The van der Waals surface area contributed by atoms with Crippen molar-refractivity contribution in [2.75, 3.05) is 6.61 Å². The standard InChI is InChI=1S/C22H29N3O3/c1-6-8-14-27-19-13-10-9-12-16(19)18-15-23-20(24-18)17(11-7-2)25-21(26)28-22(3,4)5/h6-7,9-10,12-13,15,17H,1-2,8,11,14H2,3-5H3,(H,23,24)(H,25,26)/t17-/m0/s1. The third-order valence-electron chi connectivity index (χ3n) is 3.78. The molecule has 1 heterocycles. The van der Waals surface area contributed by atoms with Gasteiger partial charge in [0.15, 0.2) is 0 Å². The first kappa shape index (κ1) is 21.3. The first-order chi connectivity index (χ1) is 13.3. The van der Waals surface area contributed by atoms with Crippen LogP contribution in [0.1, 0.15) is 45.5 Å². The molecule has 2 aromatic rings. The smallest absolute Gasteiger partial charge is 0.408 e. The van der Waals surface area contributed by atoms with Crippen LogP contribution in [0.25, 0.3) is 11.3 Å². The average Bonchev–Trinajstić information content (AvgIpc) is 3.10. The molecule has 0 radical (unpaired) electrons. The summed E-state index contributed by atoms with van der Waals surface area (Å²) in [6.07, 6.45) is 6.08. The van der Waals surface area contributed by atoms with Crippen molar-refractivity contribution < 1.29 is 14.3 Å². The van der Waals surface area contributed by atoms with Crippen molar-refractivity contribution >= 4 is 6.09 Å². The van der Waals surface area contributed by atoms with E-state index in [4.69, 9.17) is 9.47 Å². The van der Waals surface area contributed by atoms with Gasteiger partial charge in [-0.15, -0.1) is 13.2 Å². The zero-order valence-electron chi connectivity index (χ0n) is 16.8.